The molecule has 2 amide bonds. The first-order valence-corrected chi connectivity index (χ1v) is 8.01. The van der Waals surface area contributed by atoms with Crippen LogP contribution in [0.3, 0.4) is 0 Å². The number of benzene rings is 2. The molecule has 0 saturated heterocycles. The first kappa shape index (κ1) is 17.7. The zero-order valence-electron chi connectivity index (χ0n) is 14.1. The Morgan fingerprint density at radius 2 is 1.54 bits per heavy atom. The van der Waals surface area contributed by atoms with Gasteiger partial charge in [0, 0.05) is 12.2 Å². The molecule has 0 fully saturated rings. The molecule has 3 N–H and O–H groups in total. The summed E-state index contributed by atoms with van der Waals surface area (Å²) in [6, 6.07) is 17.4. The van der Waals surface area contributed by atoms with Crippen LogP contribution in [0.15, 0.2) is 54.6 Å². The Balaban J connectivity index is 1.71. The zero-order chi connectivity index (χ0) is 17.4. The molecule has 126 valence electrons. The molecule has 0 heterocycles. The predicted molar refractivity (Wildman–Crippen MR) is 94.7 cm³/mol. The minimum atomic E-state index is -0.104. The van der Waals surface area contributed by atoms with E-state index < -0.39 is 0 Å². The van der Waals surface area contributed by atoms with Crippen LogP contribution in [0, 0.1) is 6.92 Å². The Labute approximate surface area is 142 Å². The van der Waals surface area contributed by atoms with Crippen LogP contribution in [0.1, 0.15) is 11.1 Å². The van der Waals surface area contributed by atoms with Gasteiger partial charge in [-0.1, -0.05) is 48.0 Å². The second-order valence-corrected chi connectivity index (χ2v) is 5.99. The fourth-order valence-corrected chi connectivity index (χ4v) is 2.31. The first-order chi connectivity index (χ1) is 11.5. The summed E-state index contributed by atoms with van der Waals surface area (Å²) in [5.74, 6) is -0.174. The summed E-state index contributed by atoms with van der Waals surface area (Å²) < 4.78 is 0. The molecule has 0 radical (unpaired) electrons. The Kier molecular flexibility index (Phi) is 6.51. The van der Waals surface area contributed by atoms with Gasteiger partial charge in [0.15, 0.2) is 13.1 Å². The maximum atomic E-state index is 12.0. The van der Waals surface area contributed by atoms with Gasteiger partial charge < -0.3 is 15.5 Å². The lowest BCUT2D eigenvalue weighted by Gasteiger charge is -2.14. The number of anilines is 1. The number of quaternary nitrogens is 1. The summed E-state index contributed by atoms with van der Waals surface area (Å²) in [6.45, 7) is 3.00. The summed E-state index contributed by atoms with van der Waals surface area (Å²) in [4.78, 5) is 24.8. The summed E-state index contributed by atoms with van der Waals surface area (Å²) in [5.41, 5.74) is 2.97. The van der Waals surface area contributed by atoms with E-state index in [2.05, 4.69) is 10.6 Å². The number of carbonyl (C=O) groups is 2. The van der Waals surface area contributed by atoms with Crippen LogP contribution in [0.25, 0.3) is 0 Å². The maximum Gasteiger partial charge on any atom is 0.279 e. The number of hydrogen-bond donors (Lipinski definition) is 3. The van der Waals surface area contributed by atoms with Crippen molar-refractivity contribution in [2.45, 2.75) is 13.5 Å². The largest absolute Gasteiger partial charge is 0.347 e. The van der Waals surface area contributed by atoms with E-state index in [0.29, 0.717) is 6.54 Å². The van der Waals surface area contributed by atoms with Crippen LogP contribution in [0.5, 0.6) is 0 Å². The van der Waals surface area contributed by atoms with Gasteiger partial charge in [-0.05, 0) is 24.6 Å². The van der Waals surface area contributed by atoms with Crippen molar-refractivity contribution in [1.82, 2.24) is 5.32 Å². The molecule has 2 aromatic carbocycles. The van der Waals surface area contributed by atoms with Gasteiger partial charge >= 0.3 is 0 Å². The molecule has 24 heavy (non-hydrogen) atoms. The zero-order valence-corrected chi connectivity index (χ0v) is 14.1. The Bertz CT molecular complexity index is 669. The molecule has 0 aliphatic heterocycles. The molecular weight excluding hydrogens is 302 g/mol. The average Bonchev–Trinajstić information content (AvgIpc) is 2.56. The predicted octanol–water partition coefficient (Wildman–Crippen LogP) is 0.765. The molecule has 5 nitrogen and oxygen atoms in total. The van der Waals surface area contributed by atoms with E-state index in [1.807, 2.05) is 68.6 Å². The van der Waals surface area contributed by atoms with Crippen molar-refractivity contribution in [2.75, 3.05) is 25.5 Å². The number of aryl methyl sites for hydroxylation is 1. The van der Waals surface area contributed by atoms with Crippen molar-refractivity contribution < 1.29 is 14.5 Å². The van der Waals surface area contributed by atoms with Crippen molar-refractivity contribution in [3.05, 3.63) is 65.7 Å². The van der Waals surface area contributed by atoms with Crippen molar-refractivity contribution in [3.8, 4) is 0 Å². The fraction of sp³-hybridized carbons (Fsp3) is 0.263. The molecule has 0 aromatic heterocycles. The highest BCUT2D eigenvalue weighted by Gasteiger charge is 2.14. The lowest BCUT2D eigenvalue weighted by molar-refractivity contribution is -0.862. The molecular formula is C19H24N3O2+. The summed E-state index contributed by atoms with van der Waals surface area (Å²) in [5, 5.41) is 5.71. The highest BCUT2D eigenvalue weighted by Crippen LogP contribution is 2.07. The highest BCUT2D eigenvalue weighted by atomic mass is 16.2. The first-order valence-electron chi connectivity index (χ1n) is 8.01. The van der Waals surface area contributed by atoms with E-state index in [9.17, 15) is 9.59 Å². The molecule has 0 saturated carbocycles. The average molecular weight is 326 g/mol. The summed E-state index contributed by atoms with van der Waals surface area (Å²) >= 11 is 0. The fourth-order valence-electron chi connectivity index (χ4n) is 2.31. The molecule has 0 spiro atoms. The van der Waals surface area contributed by atoms with Gasteiger partial charge in [0.2, 0.25) is 0 Å². The standard InChI is InChI=1S/C19H23N3O2/c1-15-8-10-17(11-9-15)21-19(24)14-22(2)13-18(23)20-12-16-6-4-3-5-7-16/h3-11H,12-14H2,1-2H3,(H,20,23)(H,21,24)/p+1. The van der Waals surface area contributed by atoms with Crippen LogP contribution in [-0.2, 0) is 16.1 Å². The molecule has 2 rings (SSSR count). The molecule has 2 aromatic rings. The number of carbonyl (C=O) groups excluding carboxylic acids is 2. The second-order valence-electron chi connectivity index (χ2n) is 5.99. The van der Waals surface area contributed by atoms with Crippen LogP contribution in [0.4, 0.5) is 5.69 Å². The van der Waals surface area contributed by atoms with Gasteiger partial charge in [0.1, 0.15) is 0 Å². The number of amides is 2. The van der Waals surface area contributed by atoms with Crippen LogP contribution in [0.2, 0.25) is 0 Å². The highest BCUT2D eigenvalue weighted by molar-refractivity contribution is 5.91. The van der Waals surface area contributed by atoms with Crippen molar-refractivity contribution in [2.24, 2.45) is 0 Å². The second kappa shape index (κ2) is 8.84. The minimum absolute atomic E-state index is 0.0699. The van der Waals surface area contributed by atoms with Crippen LogP contribution >= 0.6 is 0 Å². The molecule has 0 aliphatic rings. The number of hydrogen-bond acceptors (Lipinski definition) is 2. The normalized spacial score (nSPS) is 11.6. The van der Waals surface area contributed by atoms with Gasteiger partial charge in [-0.2, -0.15) is 0 Å². The third-order valence-corrected chi connectivity index (χ3v) is 3.59. The van der Waals surface area contributed by atoms with Crippen LogP contribution < -0.4 is 15.5 Å². The third-order valence-electron chi connectivity index (χ3n) is 3.59. The van der Waals surface area contributed by atoms with Crippen molar-refractivity contribution in [3.63, 3.8) is 0 Å². The lowest BCUT2D eigenvalue weighted by atomic mass is 10.2. The van der Waals surface area contributed by atoms with Crippen LogP contribution in [-0.4, -0.2) is 32.0 Å². The van der Waals surface area contributed by atoms with Gasteiger partial charge in [-0.25, -0.2) is 0 Å². The van der Waals surface area contributed by atoms with E-state index in [0.717, 1.165) is 21.7 Å². The summed E-state index contributed by atoms with van der Waals surface area (Å²) in [7, 11) is 1.83. The quantitative estimate of drug-likeness (QED) is 0.704. The molecule has 1 unspecified atom stereocenters. The topological polar surface area (TPSA) is 62.6 Å². The molecule has 1 atom stereocenters. The van der Waals surface area contributed by atoms with E-state index in [4.69, 9.17) is 0 Å². The Morgan fingerprint density at radius 1 is 0.917 bits per heavy atom. The monoisotopic (exact) mass is 326 g/mol. The van der Waals surface area contributed by atoms with E-state index >= 15 is 0 Å². The number of nitrogens with one attached hydrogen (secondary N) is 3. The lowest BCUT2D eigenvalue weighted by Crippen LogP contribution is -3.11. The number of rotatable bonds is 7. The Morgan fingerprint density at radius 3 is 2.21 bits per heavy atom. The smallest absolute Gasteiger partial charge is 0.279 e. The number of likely N-dealkylation sites (N-methyl/N-ethyl adjacent to an activating group) is 1. The van der Waals surface area contributed by atoms with Gasteiger partial charge in [-0.3, -0.25) is 9.59 Å². The van der Waals surface area contributed by atoms with Gasteiger partial charge in [0.05, 0.1) is 7.05 Å². The minimum Gasteiger partial charge on any atom is -0.347 e. The van der Waals surface area contributed by atoms with E-state index in [1.54, 1.807) is 0 Å². The van der Waals surface area contributed by atoms with E-state index in [1.165, 1.54) is 0 Å². The molecule has 0 aliphatic carbocycles. The van der Waals surface area contributed by atoms with E-state index in [-0.39, 0.29) is 24.9 Å². The molecule has 0 bridgehead atoms. The van der Waals surface area contributed by atoms with Gasteiger partial charge in [0.25, 0.3) is 11.8 Å². The Hall–Kier alpha value is -2.66. The summed E-state index contributed by atoms with van der Waals surface area (Å²) in [6.07, 6.45) is 0. The van der Waals surface area contributed by atoms with Gasteiger partial charge in [-0.15, -0.1) is 0 Å². The van der Waals surface area contributed by atoms with Crippen molar-refractivity contribution >= 4 is 17.5 Å². The third kappa shape index (κ3) is 6.22. The maximum absolute atomic E-state index is 12.0. The SMILES string of the molecule is Cc1ccc(NC(=O)C[NH+](C)CC(=O)NCc2ccccc2)cc1. The molecule has 5 heteroatoms. The van der Waals surface area contributed by atoms with Crippen molar-refractivity contribution in [1.29, 1.82) is 0 Å².